The van der Waals surface area contributed by atoms with Gasteiger partial charge in [-0.05, 0) is 127 Å². The van der Waals surface area contributed by atoms with E-state index in [0.717, 1.165) is 48.3 Å². The molecule has 4 aliphatic rings. The van der Waals surface area contributed by atoms with Gasteiger partial charge in [-0.3, -0.25) is 0 Å². The Kier molecular flexibility index (Phi) is 12.4. The molecule has 5 heteroatoms. The van der Waals surface area contributed by atoms with Gasteiger partial charge in [-0.25, -0.2) is 4.79 Å². The van der Waals surface area contributed by atoms with E-state index < -0.39 is 5.97 Å². The molecule has 1 aromatic heterocycles. The fourth-order valence-electron chi connectivity index (χ4n) is 8.99. The predicted octanol–water partition coefficient (Wildman–Crippen LogP) is 12.0. The number of nitriles is 1. The Morgan fingerprint density at radius 1 is 0.983 bits per heavy atom. The van der Waals surface area contributed by atoms with Crippen molar-refractivity contribution in [2.75, 3.05) is 0 Å². The topological polar surface area (TPSA) is 66.0 Å². The van der Waals surface area contributed by atoms with Crippen LogP contribution in [0.1, 0.15) is 81.4 Å². The Bertz CT molecular complexity index is 2760. The molecule has 298 valence electrons. The van der Waals surface area contributed by atoms with E-state index in [-0.39, 0.29) is 17.4 Å². The Labute approximate surface area is 358 Å². The minimum Gasteiger partial charge on any atom is -0.477 e. The van der Waals surface area contributed by atoms with Crippen LogP contribution in [0.25, 0.3) is 28.7 Å². The highest BCUT2D eigenvalue weighted by Crippen LogP contribution is 2.41. The summed E-state index contributed by atoms with van der Waals surface area (Å²) >= 11 is 1.52. The number of rotatable bonds is 12. The Morgan fingerprint density at radius 3 is 2.53 bits per heavy atom. The summed E-state index contributed by atoms with van der Waals surface area (Å²) < 4.78 is 2.47. The Hall–Kier alpha value is -6.27. The van der Waals surface area contributed by atoms with E-state index in [1.807, 2.05) is 19.1 Å². The first-order valence-corrected chi connectivity index (χ1v) is 22.1. The number of fused-ring (bicyclic) bond motifs is 3. The molecular weight excluding hydrogens is 753 g/mol. The van der Waals surface area contributed by atoms with E-state index in [1.165, 1.54) is 72.7 Å². The third-order valence-corrected chi connectivity index (χ3v) is 13.3. The van der Waals surface area contributed by atoms with E-state index in [0.29, 0.717) is 17.6 Å². The molecule has 0 fully saturated rings. The number of aromatic nitrogens is 1. The predicted molar refractivity (Wildman–Crippen MR) is 249 cm³/mol. The van der Waals surface area contributed by atoms with Gasteiger partial charge in [-0.1, -0.05) is 134 Å². The van der Waals surface area contributed by atoms with Crippen LogP contribution in [-0.2, 0) is 10.5 Å². The molecule has 0 spiro atoms. The average molecular weight is 803 g/mol. The highest BCUT2D eigenvalue weighted by Gasteiger charge is 2.27. The molecule has 1 heterocycles. The SMILES string of the molecule is C/C=C(/C=C(\C#N)C(=O)O)SCc1ccc(-n2c3c(c4ccc(C(C5=CC[C@@H](C)C=C5)C5=CC=CCC5)cc42)=CCC=C(C(C2=CC=CCC2C)c2cc#ccc2)C=3)cc1. The van der Waals surface area contributed by atoms with Crippen molar-refractivity contribution < 1.29 is 9.90 Å². The largest absolute Gasteiger partial charge is 0.477 e. The molecule has 3 aromatic carbocycles. The van der Waals surface area contributed by atoms with E-state index >= 15 is 0 Å². The number of carboxylic acids is 1. The zero-order valence-electron chi connectivity index (χ0n) is 34.6. The molecule has 0 radical (unpaired) electrons. The van der Waals surface area contributed by atoms with Crippen molar-refractivity contribution in [1.29, 1.82) is 5.26 Å². The zero-order valence-corrected chi connectivity index (χ0v) is 35.4. The van der Waals surface area contributed by atoms with Gasteiger partial charge < -0.3 is 9.67 Å². The second kappa shape index (κ2) is 18.3. The first-order chi connectivity index (χ1) is 29.3. The summed E-state index contributed by atoms with van der Waals surface area (Å²) in [4.78, 5) is 12.3. The lowest BCUT2D eigenvalue weighted by molar-refractivity contribution is -0.132. The molecule has 4 atom stereocenters. The van der Waals surface area contributed by atoms with E-state index in [9.17, 15) is 15.2 Å². The molecule has 60 heavy (non-hydrogen) atoms. The van der Waals surface area contributed by atoms with Crippen molar-refractivity contribution >= 4 is 40.8 Å². The van der Waals surface area contributed by atoms with E-state index in [4.69, 9.17) is 0 Å². The van der Waals surface area contributed by atoms with Gasteiger partial charge >= 0.3 is 5.97 Å². The van der Waals surface area contributed by atoms with E-state index in [2.05, 4.69) is 158 Å². The van der Waals surface area contributed by atoms with Crippen LogP contribution in [0.3, 0.4) is 0 Å². The van der Waals surface area contributed by atoms with Gasteiger partial charge in [0.25, 0.3) is 0 Å². The van der Waals surface area contributed by atoms with E-state index in [1.54, 1.807) is 6.07 Å². The lowest BCUT2D eigenvalue weighted by atomic mass is 9.76. The van der Waals surface area contributed by atoms with Gasteiger partial charge in [0.2, 0.25) is 0 Å². The summed E-state index contributed by atoms with van der Waals surface area (Å²) in [5.74, 6) is 0.624. The van der Waals surface area contributed by atoms with Crippen molar-refractivity contribution in [2.45, 2.75) is 70.5 Å². The fourth-order valence-corrected chi connectivity index (χ4v) is 9.89. The normalized spacial score (nSPS) is 19.9. The minimum absolute atomic E-state index is 0.0807. The number of thioether (sulfide) groups is 1. The van der Waals surface area contributed by atoms with Gasteiger partial charge in [0, 0.05) is 38.8 Å². The molecule has 0 saturated heterocycles. The number of benzene rings is 2. The van der Waals surface area contributed by atoms with Gasteiger partial charge in [0.05, 0.1) is 10.9 Å². The third-order valence-electron chi connectivity index (χ3n) is 12.2. The van der Waals surface area contributed by atoms with Crippen LogP contribution < -0.4 is 10.6 Å². The highest BCUT2D eigenvalue weighted by molar-refractivity contribution is 8.02. The maximum absolute atomic E-state index is 11.5. The van der Waals surface area contributed by atoms with Gasteiger partial charge in [0.1, 0.15) is 11.6 Å². The number of carboxylic acid groups (broad SMARTS) is 1. The van der Waals surface area contributed by atoms with Crippen molar-refractivity contribution in [3.8, 4) is 11.8 Å². The summed E-state index contributed by atoms with van der Waals surface area (Å²) in [5, 5.41) is 22.4. The molecule has 8 rings (SSSR count). The summed E-state index contributed by atoms with van der Waals surface area (Å²) in [6.45, 7) is 6.49. The second-order valence-electron chi connectivity index (χ2n) is 16.2. The Balaban J connectivity index is 1.29. The lowest BCUT2D eigenvalue weighted by Crippen LogP contribution is -2.28. The standard InChI is InChI=1S/C55H50N2O2S/c1-4-47(32-45(35-56)55(58)59)60-36-39-24-29-46(30-25-39)57-51-33-43(54(41-17-9-6-10-18-41)48-20-12-11-14-38(48)3)19-13-21-49(51)50-31-28-44(34-52(50)57)53(40-15-7-5-8-16-40)42-26-22-37(2)23-27-42/h4-5,7,9,11-12,15,17-22,24-34,37-38,53-54H,8,13-14,16,23,36H2,1-3H3,(H,58,59)/b45-32+,47-4-/t37-,38?,53?,54?/m0/s1. The molecular formula is C55H50N2O2S. The summed E-state index contributed by atoms with van der Waals surface area (Å²) in [6.07, 6.45) is 36.4. The van der Waals surface area contributed by atoms with Crippen LogP contribution in [-0.4, -0.2) is 15.6 Å². The third kappa shape index (κ3) is 8.56. The van der Waals surface area contributed by atoms with Gasteiger partial charge in [0.15, 0.2) is 0 Å². The second-order valence-corrected chi connectivity index (χ2v) is 17.2. The minimum atomic E-state index is -1.22. The maximum Gasteiger partial charge on any atom is 0.346 e. The number of nitrogens with zero attached hydrogens (tertiary/aromatic N) is 2. The van der Waals surface area contributed by atoms with Crippen LogP contribution in [0.4, 0.5) is 0 Å². The molecule has 3 unspecified atom stereocenters. The number of hydrogen-bond acceptors (Lipinski definition) is 3. The first kappa shape index (κ1) is 40.5. The molecule has 4 aliphatic carbocycles. The van der Waals surface area contributed by atoms with Crippen LogP contribution in [0, 0.1) is 35.3 Å². The molecule has 0 saturated carbocycles. The van der Waals surface area contributed by atoms with Crippen LogP contribution >= 0.6 is 11.8 Å². The van der Waals surface area contributed by atoms with Crippen LogP contribution in [0.15, 0.2) is 166 Å². The molecule has 0 aliphatic heterocycles. The molecule has 0 bridgehead atoms. The number of carbonyl (C=O) groups is 1. The molecule has 1 N–H and O–H groups in total. The summed E-state index contributed by atoms with van der Waals surface area (Å²) in [6, 6.07) is 30.4. The maximum atomic E-state index is 11.5. The quantitative estimate of drug-likeness (QED) is 0.0880. The Morgan fingerprint density at radius 2 is 1.83 bits per heavy atom. The van der Waals surface area contributed by atoms with Crippen molar-refractivity contribution in [3.05, 3.63) is 206 Å². The molecule has 0 amide bonds. The summed E-state index contributed by atoms with van der Waals surface area (Å²) in [7, 11) is 0. The first-order valence-electron chi connectivity index (χ1n) is 21.1. The van der Waals surface area contributed by atoms with Crippen LogP contribution in [0.2, 0.25) is 0 Å². The fraction of sp³-hybridized carbons (Fsp3) is 0.236. The van der Waals surface area contributed by atoms with Gasteiger partial charge in [-0.15, -0.1) is 11.8 Å². The smallest absolute Gasteiger partial charge is 0.346 e. The molecule has 4 nitrogen and oxygen atoms in total. The number of aliphatic carboxylic acids is 1. The molecule has 4 aromatic rings. The highest BCUT2D eigenvalue weighted by atomic mass is 32.2. The number of hydrogen-bond donors (Lipinski definition) is 1. The zero-order chi connectivity index (χ0) is 41.6. The van der Waals surface area contributed by atoms with Gasteiger partial charge in [-0.2, -0.15) is 5.26 Å². The lowest BCUT2D eigenvalue weighted by Gasteiger charge is -2.28. The van der Waals surface area contributed by atoms with Crippen molar-refractivity contribution in [3.63, 3.8) is 0 Å². The monoisotopic (exact) mass is 802 g/mol. The van der Waals surface area contributed by atoms with Crippen molar-refractivity contribution in [1.82, 2.24) is 4.57 Å². The number of allylic oxidation sites excluding steroid dienone is 16. The van der Waals surface area contributed by atoms with Crippen molar-refractivity contribution in [2.24, 2.45) is 11.8 Å². The average Bonchev–Trinajstić information content (AvgIpc) is 3.41. The summed E-state index contributed by atoms with van der Waals surface area (Å²) in [5.41, 5.74) is 11.2. The van der Waals surface area contributed by atoms with Crippen LogP contribution in [0.5, 0.6) is 0 Å².